The van der Waals surface area contributed by atoms with E-state index < -0.39 is 23.8 Å². The normalized spacial score (nSPS) is 11.6. The summed E-state index contributed by atoms with van der Waals surface area (Å²) in [4.78, 5) is 34.9. The van der Waals surface area contributed by atoms with Gasteiger partial charge in [-0.1, -0.05) is 44.0 Å². The summed E-state index contributed by atoms with van der Waals surface area (Å²) in [6.45, 7) is 0. The van der Waals surface area contributed by atoms with E-state index in [-0.39, 0.29) is 12.0 Å². The average Bonchev–Trinajstić information content (AvgIpc) is 2.53. The maximum absolute atomic E-state index is 12.4. The largest absolute Gasteiger partial charge is 0.478 e. The number of hydrogen-bond acceptors (Lipinski definition) is 3. The van der Waals surface area contributed by atoms with Crippen LogP contribution >= 0.6 is 31.9 Å². The molecule has 0 aromatic heterocycles. The second-order valence-corrected chi connectivity index (χ2v) is 7.12. The molecule has 0 saturated carbocycles. The molecule has 0 aliphatic carbocycles. The van der Waals surface area contributed by atoms with Gasteiger partial charge < -0.3 is 16.2 Å². The first-order valence-electron chi connectivity index (χ1n) is 7.15. The quantitative estimate of drug-likeness (QED) is 0.604. The van der Waals surface area contributed by atoms with Crippen molar-refractivity contribution in [2.45, 2.75) is 12.5 Å². The van der Waals surface area contributed by atoms with E-state index in [4.69, 9.17) is 10.8 Å². The minimum atomic E-state index is -1.04. The van der Waals surface area contributed by atoms with Gasteiger partial charge in [0.05, 0.1) is 5.56 Å². The predicted octanol–water partition coefficient (Wildman–Crippen LogP) is 2.74. The summed E-state index contributed by atoms with van der Waals surface area (Å²) in [5.41, 5.74) is 6.58. The summed E-state index contributed by atoms with van der Waals surface area (Å²) >= 11 is 6.60. The molecule has 0 heterocycles. The van der Waals surface area contributed by atoms with Gasteiger partial charge in [-0.05, 0) is 35.9 Å². The standard InChI is InChI=1S/C17H14Br2N2O4/c18-12-6-11(7-13(19)8-12)16(23)21-14(15(20)22)5-9-1-3-10(4-2-9)17(24)25/h1-4,6-8,14H,5H2,(H2,20,22)(H,21,23)(H,24,25)/t14-/m1/s1. The van der Waals surface area contributed by atoms with Crippen LogP contribution in [0.1, 0.15) is 26.3 Å². The maximum atomic E-state index is 12.4. The number of carbonyl (C=O) groups excluding carboxylic acids is 2. The monoisotopic (exact) mass is 468 g/mol. The van der Waals surface area contributed by atoms with E-state index in [1.165, 1.54) is 12.1 Å². The molecule has 0 fully saturated rings. The van der Waals surface area contributed by atoms with Crippen molar-refractivity contribution in [3.8, 4) is 0 Å². The summed E-state index contributed by atoms with van der Waals surface area (Å²) < 4.78 is 1.43. The molecule has 25 heavy (non-hydrogen) atoms. The maximum Gasteiger partial charge on any atom is 0.335 e. The Morgan fingerprint density at radius 1 is 1.00 bits per heavy atom. The molecule has 1 atom stereocenters. The van der Waals surface area contributed by atoms with E-state index in [1.54, 1.807) is 30.3 Å². The van der Waals surface area contributed by atoms with Crippen LogP contribution in [-0.4, -0.2) is 28.9 Å². The minimum absolute atomic E-state index is 0.141. The SMILES string of the molecule is NC(=O)[C@@H](Cc1ccc(C(=O)O)cc1)NC(=O)c1cc(Br)cc(Br)c1. The van der Waals surface area contributed by atoms with E-state index in [9.17, 15) is 14.4 Å². The van der Waals surface area contributed by atoms with Crippen LogP contribution in [0.25, 0.3) is 0 Å². The Hall–Kier alpha value is -2.19. The highest BCUT2D eigenvalue weighted by Crippen LogP contribution is 2.20. The third-order valence-electron chi connectivity index (χ3n) is 3.41. The number of rotatable bonds is 6. The number of nitrogens with one attached hydrogen (secondary N) is 1. The summed E-state index contributed by atoms with van der Waals surface area (Å²) in [5.74, 6) is -2.15. The van der Waals surface area contributed by atoms with Crippen LogP contribution in [0.15, 0.2) is 51.4 Å². The van der Waals surface area contributed by atoms with Crippen LogP contribution in [0, 0.1) is 0 Å². The van der Waals surface area contributed by atoms with Crippen LogP contribution in [0.5, 0.6) is 0 Å². The van der Waals surface area contributed by atoms with Gasteiger partial charge in [0.2, 0.25) is 5.91 Å². The van der Waals surface area contributed by atoms with Crippen LogP contribution in [0.4, 0.5) is 0 Å². The number of aromatic carboxylic acids is 1. The van der Waals surface area contributed by atoms with Crippen molar-refractivity contribution < 1.29 is 19.5 Å². The molecule has 0 unspecified atom stereocenters. The molecule has 0 saturated heterocycles. The van der Waals surface area contributed by atoms with Crippen molar-refractivity contribution in [3.63, 3.8) is 0 Å². The highest BCUT2D eigenvalue weighted by atomic mass is 79.9. The van der Waals surface area contributed by atoms with Gasteiger partial charge in [-0.25, -0.2) is 4.79 Å². The minimum Gasteiger partial charge on any atom is -0.478 e. The van der Waals surface area contributed by atoms with Gasteiger partial charge in [0, 0.05) is 20.9 Å². The lowest BCUT2D eigenvalue weighted by Crippen LogP contribution is -2.45. The summed E-state index contributed by atoms with van der Waals surface area (Å²) in [6, 6.07) is 10.2. The Bertz CT molecular complexity index is 802. The molecule has 4 N–H and O–H groups in total. The van der Waals surface area contributed by atoms with E-state index in [0.29, 0.717) is 20.1 Å². The first kappa shape index (κ1) is 19.1. The Labute approximate surface area is 160 Å². The van der Waals surface area contributed by atoms with Crippen molar-refractivity contribution in [2.75, 3.05) is 0 Å². The van der Waals surface area contributed by atoms with Crippen LogP contribution < -0.4 is 11.1 Å². The lowest BCUT2D eigenvalue weighted by Gasteiger charge is -2.16. The molecule has 130 valence electrons. The number of carboxylic acids is 1. The first-order chi connectivity index (χ1) is 11.8. The first-order valence-corrected chi connectivity index (χ1v) is 8.73. The van der Waals surface area contributed by atoms with Crippen LogP contribution in [0.2, 0.25) is 0 Å². The van der Waals surface area contributed by atoms with Gasteiger partial charge in [-0.15, -0.1) is 0 Å². The molecule has 0 spiro atoms. The van der Waals surface area contributed by atoms with Gasteiger partial charge in [0.15, 0.2) is 0 Å². The molecule has 0 aliphatic rings. The zero-order valence-corrected chi connectivity index (χ0v) is 16.0. The molecular weight excluding hydrogens is 456 g/mol. The number of halogens is 2. The molecule has 0 bridgehead atoms. The fourth-order valence-electron chi connectivity index (χ4n) is 2.17. The molecule has 0 radical (unpaired) electrons. The molecule has 0 aliphatic heterocycles. The van der Waals surface area contributed by atoms with Crippen molar-refractivity contribution in [1.29, 1.82) is 0 Å². The Balaban J connectivity index is 2.13. The predicted molar refractivity (Wildman–Crippen MR) is 99.4 cm³/mol. The average molecular weight is 470 g/mol. The molecule has 2 amide bonds. The number of benzene rings is 2. The topological polar surface area (TPSA) is 109 Å². The van der Waals surface area contributed by atoms with Gasteiger partial charge in [0.25, 0.3) is 5.91 Å². The lowest BCUT2D eigenvalue weighted by molar-refractivity contribution is -0.119. The highest BCUT2D eigenvalue weighted by molar-refractivity contribution is 9.11. The fourth-order valence-corrected chi connectivity index (χ4v) is 3.46. The summed E-state index contributed by atoms with van der Waals surface area (Å²) in [5, 5.41) is 11.5. The second kappa shape index (κ2) is 8.26. The zero-order valence-electron chi connectivity index (χ0n) is 12.8. The van der Waals surface area contributed by atoms with Crippen molar-refractivity contribution in [2.24, 2.45) is 5.73 Å². The van der Waals surface area contributed by atoms with Crippen molar-refractivity contribution in [1.82, 2.24) is 5.32 Å². The van der Waals surface area contributed by atoms with Gasteiger partial charge in [-0.3, -0.25) is 9.59 Å². The van der Waals surface area contributed by atoms with E-state index in [0.717, 1.165) is 0 Å². The summed E-state index contributed by atoms with van der Waals surface area (Å²) in [7, 11) is 0. The van der Waals surface area contributed by atoms with E-state index in [2.05, 4.69) is 37.2 Å². The highest BCUT2D eigenvalue weighted by Gasteiger charge is 2.20. The van der Waals surface area contributed by atoms with Crippen molar-refractivity contribution in [3.05, 3.63) is 68.1 Å². The number of nitrogens with two attached hydrogens (primary N) is 1. The molecule has 2 rings (SSSR count). The van der Waals surface area contributed by atoms with E-state index in [1.807, 2.05) is 0 Å². The van der Waals surface area contributed by atoms with Gasteiger partial charge in [0.1, 0.15) is 6.04 Å². The van der Waals surface area contributed by atoms with E-state index >= 15 is 0 Å². The molecule has 2 aromatic rings. The lowest BCUT2D eigenvalue weighted by atomic mass is 10.0. The van der Waals surface area contributed by atoms with Crippen LogP contribution in [0.3, 0.4) is 0 Å². The molecule has 8 heteroatoms. The molecule has 2 aromatic carbocycles. The Morgan fingerprint density at radius 2 is 1.56 bits per heavy atom. The van der Waals surface area contributed by atoms with Crippen molar-refractivity contribution >= 4 is 49.6 Å². The third kappa shape index (κ3) is 5.40. The smallest absolute Gasteiger partial charge is 0.335 e. The third-order valence-corrected chi connectivity index (χ3v) is 4.33. The number of primary amides is 1. The van der Waals surface area contributed by atoms with Gasteiger partial charge in [-0.2, -0.15) is 0 Å². The second-order valence-electron chi connectivity index (χ2n) is 5.29. The van der Waals surface area contributed by atoms with Gasteiger partial charge >= 0.3 is 5.97 Å². The molecular formula is C17H14Br2N2O4. The summed E-state index contributed by atoms with van der Waals surface area (Å²) in [6.07, 6.45) is 0.163. The number of carbonyl (C=O) groups is 3. The zero-order chi connectivity index (χ0) is 18.6. The Morgan fingerprint density at radius 3 is 2.04 bits per heavy atom. The fraction of sp³-hybridized carbons (Fsp3) is 0.118. The number of hydrogen-bond donors (Lipinski definition) is 3. The number of carboxylic acid groups (broad SMARTS) is 1. The Kier molecular flexibility index (Phi) is 6.33. The van der Waals surface area contributed by atoms with Crippen LogP contribution in [-0.2, 0) is 11.2 Å². The molecule has 6 nitrogen and oxygen atoms in total. The number of amides is 2.